The van der Waals surface area contributed by atoms with Crippen LogP contribution in [-0.4, -0.2) is 67.6 Å². The summed E-state index contributed by atoms with van der Waals surface area (Å²) < 4.78 is 0. The van der Waals surface area contributed by atoms with Crippen LogP contribution < -0.4 is 9.80 Å². The summed E-state index contributed by atoms with van der Waals surface area (Å²) in [4.78, 5) is 34.3. The van der Waals surface area contributed by atoms with E-state index in [1.807, 2.05) is 53.2 Å². The van der Waals surface area contributed by atoms with Gasteiger partial charge in [0.15, 0.2) is 0 Å². The Morgan fingerprint density at radius 1 is 0.966 bits per heavy atom. The van der Waals surface area contributed by atoms with Crippen molar-refractivity contribution in [1.82, 2.24) is 9.80 Å². The first-order chi connectivity index (χ1) is 14.1. The molecule has 0 bridgehead atoms. The van der Waals surface area contributed by atoms with Crippen molar-refractivity contribution in [2.24, 2.45) is 0 Å². The number of hydrogen-bond donors (Lipinski definition) is 0. The Bertz CT molecular complexity index is 937. The molecule has 2 fully saturated rings. The summed E-state index contributed by atoms with van der Waals surface area (Å²) in [6, 6.07) is 15.9. The van der Waals surface area contributed by atoms with E-state index in [2.05, 4.69) is 21.9 Å². The van der Waals surface area contributed by atoms with Crippen molar-refractivity contribution in [2.45, 2.75) is 19.0 Å². The van der Waals surface area contributed by atoms with E-state index in [0.29, 0.717) is 24.2 Å². The topological polar surface area (TPSA) is 47.1 Å². The molecule has 0 aromatic heterocycles. The van der Waals surface area contributed by atoms with Crippen LogP contribution in [0.5, 0.6) is 0 Å². The molecule has 3 heterocycles. The van der Waals surface area contributed by atoms with E-state index >= 15 is 0 Å². The van der Waals surface area contributed by atoms with E-state index in [1.54, 1.807) is 0 Å². The molecule has 0 saturated carbocycles. The molecule has 2 aromatic rings. The van der Waals surface area contributed by atoms with E-state index in [-0.39, 0.29) is 18.0 Å². The van der Waals surface area contributed by atoms with Gasteiger partial charge in [0.25, 0.3) is 11.8 Å². The highest BCUT2D eigenvalue weighted by atomic mass is 16.2. The third-order valence-corrected chi connectivity index (χ3v) is 6.47. The second-order valence-corrected chi connectivity index (χ2v) is 8.08. The Morgan fingerprint density at radius 3 is 2.48 bits per heavy atom. The molecule has 2 saturated heterocycles. The number of hydrogen-bond acceptors (Lipinski definition) is 4. The van der Waals surface area contributed by atoms with Crippen LogP contribution in [0.25, 0.3) is 0 Å². The van der Waals surface area contributed by atoms with Gasteiger partial charge >= 0.3 is 0 Å². The van der Waals surface area contributed by atoms with Gasteiger partial charge in [-0.05, 0) is 43.2 Å². The minimum absolute atomic E-state index is 0.0511. The normalized spacial score (nSPS) is 21.3. The minimum atomic E-state index is 0.0511. The fraction of sp³-hybridized carbons (Fsp3) is 0.391. The summed E-state index contributed by atoms with van der Waals surface area (Å²) >= 11 is 0. The lowest BCUT2D eigenvalue weighted by Crippen LogP contribution is -2.50. The number of carbonyl (C=O) groups is 2. The smallest absolute Gasteiger partial charge is 0.257 e. The van der Waals surface area contributed by atoms with Gasteiger partial charge in [-0.25, -0.2) is 0 Å². The molecule has 6 nitrogen and oxygen atoms in total. The van der Waals surface area contributed by atoms with Crippen LogP contribution in [-0.2, 0) is 0 Å². The summed E-state index contributed by atoms with van der Waals surface area (Å²) in [6.45, 7) is 3.89. The van der Waals surface area contributed by atoms with Gasteiger partial charge in [0, 0.05) is 51.0 Å². The zero-order valence-corrected chi connectivity index (χ0v) is 16.8. The van der Waals surface area contributed by atoms with Crippen molar-refractivity contribution in [1.29, 1.82) is 0 Å². The van der Waals surface area contributed by atoms with Gasteiger partial charge in [0.05, 0.1) is 11.3 Å². The Balaban J connectivity index is 1.33. The van der Waals surface area contributed by atoms with Crippen LogP contribution in [0.1, 0.15) is 33.6 Å². The van der Waals surface area contributed by atoms with Crippen molar-refractivity contribution < 1.29 is 9.59 Å². The van der Waals surface area contributed by atoms with Crippen molar-refractivity contribution in [3.05, 3.63) is 59.7 Å². The van der Waals surface area contributed by atoms with Crippen molar-refractivity contribution in [3.8, 4) is 0 Å². The predicted molar refractivity (Wildman–Crippen MR) is 113 cm³/mol. The Labute approximate surface area is 171 Å². The van der Waals surface area contributed by atoms with Crippen LogP contribution in [0, 0.1) is 0 Å². The Kier molecular flexibility index (Phi) is 4.42. The minimum Gasteiger partial charge on any atom is -0.368 e. The number of benzene rings is 2. The fourth-order valence-corrected chi connectivity index (χ4v) is 4.83. The standard InChI is InChI=1S/C23H26N4O2/c1-24-20-16-17(9-10-19(20)23(29)27-11-5-8-21(24)27)22(28)26-14-12-25(13-15-26)18-6-3-2-4-7-18/h2-4,6-7,9-10,16,21H,5,8,11-15H2,1H3. The molecule has 2 amide bonds. The molecule has 1 atom stereocenters. The number of carbonyl (C=O) groups excluding carboxylic acids is 2. The van der Waals surface area contributed by atoms with E-state index < -0.39 is 0 Å². The molecule has 0 N–H and O–H groups in total. The number of piperazine rings is 1. The lowest BCUT2D eigenvalue weighted by molar-refractivity contribution is 0.0713. The Hall–Kier alpha value is -3.02. The maximum absolute atomic E-state index is 13.1. The quantitative estimate of drug-likeness (QED) is 0.791. The average molecular weight is 390 g/mol. The van der Waals surface area contributed by atoms with E-state index in [4.69, 9.17) is 0 Å². The third kappa shape index (κ3) is 3.03. The molecule has 3 aliphatic heterocycles. The number of amides is 2. The molecule has 2 aromatic carbocycles. The molecule has 1 unspecified atom stereocenters. The molecule has 150 valence electrons. The molecule has 6 heteroatoms. The highest BCUT2D eigenvalue weighted by molar-refractivity contribution is 6.04. The molecule has 0 spiro atoms. The largest absolute Gasteiger partial charge is 0.368 e. The Morgan fingerprint density at radius 2 is 1.72 bits per heavy atom. The second-order valence-electron chi connectivity index (χ2n) is 8.08. The van der Waals surface area contributed by atoms with E-state index in [0.717, 1.165) is 38.2 Å². The second kappa shape index (κ2) is 7.10. The van der Waals surface area contributed by atoms with E-state index in [1.165, 1.54) is 5.69 Å². The lowest BCUT2D eigenvalue weighted by atomic mass is 10.0. The van der Waals surface area contributed by atoms with Gasteiger partial charge in [-0.2, -0.15) is 0 Å². The van der Waals surface area contributed by atoms with E-state index in [9.17, 15) is 9.59 Å². The van der Waals surface area contributed by atoms with Crippen molar-refractivity contribution in [2.75, 3.05) is 49.6 Å². The summed E-state index contributed by atoms with van der Waals surface area (Å²) in [5, 5.41) is 0. The number of para-hydroxylation sites is 1. The SMILES string of the molecule is CN1c2cc(C(=O)N3CCN(c4ccccc4)CC3)ccc2C(=O)N2CCCC21. The zero-order chi connectivity index (χ0) is 20.0. The van der Waals surface area contributed by atoms with Gasteiger partial charge in [-0.3, -0.25) is 9.59 Å². The number of anilines is 2. The molecular formula is C23H26N4O2. The third-order valence-electron chi connectivity index (χ3n) is 6.47. The fourth-order valence-electron chi connectivity index (χ4n) is 4.83. The van der Waals surface area contributed by atoms with Crippen LogP contribution in [0.4, 0.5) is 11.4 Å². The number of rotatable bonds is 2. The van der Waals surface area contributed by atoms with Gasteiger partial charge < -0.3 is 19.6 Å². The van der Waals surface area contributed by atoms with Gasteiger partial charge in [0.2, 0.25) is 0 Å². The summed E-state index contributed by atoms with van der Waals surface area (Å²) in [5.41, 5.74) is 3.46. The molecule has 5 rings (SSSR count). The van der Waals surface area contributed by atoms with Crippen LogP contribution in [0.3, 0.4) is 0 Å². The number of nitrogens with zero attached hydrogens (tertiary/aromatic N) is 4. The molecule has 0 radical (unpaired) electrons. The van der Waals surface area contributed by atoms with Crippen molar-refractivity contribution in [3.63, 3.8) is 0 Å². The molecule has 0 aliphatic carbocycles. The summed E-state index contributed by atoms with van der Waals surface area (Å²) in [7, 11) is 2.03. The highest BCUT2D eigenvalue weighted by Crippen LogP contribution is 2.35. The van der Waals surface area contributed by atoms with Crippen LogP contribution in [0.2, 0.25) is 0 Å². The summed E-state index contributed by atoms with van der Waals surface area (Å²) in [6.07, 6.45) is 2.14. The first-order valence-electron chi connectivity index (χ1n) is 10.4. The first-order valence-corrected chi connectivity index (χ1v) is 10.4. The van der Waals surface area contributed by atoms with Crippen LogP contribution >= 0.6 is 0 Å². The maximum Gasteiger partial charge on any atom is 0.257 e. The van der Waals surface area contributed by atoms with Crippen LogP contribution in [0.15, 0.2) is 48.5 Å². The summed E-state index contributed by atoms with van der Waals surface area (Å²) in [5.74, 6) is 0.145. The predicted octanol–water partition coefficient (Wildman–Crippen LogP) is 2.66. The molecule has 3 aliphatic rings. The van der Waals surface area contributed by atoms with Gasteiger partial charge in [-0.1, -0.05) is 18.2 Å². The molecule has 29 heavy (non-hydrogen) atoms. The lowest BCUT2D eigenvalue weighted by Gasteiger charge is -2.40. The maximum atomic E-state index is 13.1. The molecular weight excluding hydrogens is 364 g/mol. The first kappa shape index (κ1) is 18.0. The van der Waals surface area contributed by atoms with Gasteiger partial charge in [-0.15, -0.1) is 0 Å². The highest BCUT2D eigenvalue weighted by Gasteiger charge is 2.39. The average Bonchev–Trinajstić information content (AvgIpc) is 3.28. The number of fused-ring (bicyclic) bond motifs is 2. The van der Waals surface area contributed by atoms with Crippen molar-refractivity contribution >= 4 is 23.2 Å². The van der Waals surface area contributed by atoms with Gasteiger partial charge in [0.1, 0.15) is 6.17 Å². The zero-order valence-electron chi connectivity index (χ0n) is 16.8. The monoisotopic (exact) mass is 390 g/mol.